The molecule has 1 saturated carbocycles. The number of rotatable bonds is 5. The van der Waals surface area contributed by atoms with E-state index in [0.29, 0.717) is 11.3 Å². The molecule has 0 radical (unpaired) electrons. The Hall–Kier alpha value is -3.07. The minimum Gasteiger partial charge on any atom is -0.445 e. The lowest BCUT2D eigenvalue weighted by molar-refractivity contribution is 0.129. The summed E-state index contributed by atoms with van der Waals surface area (Å²) in [6, 6.07) is 14.5. The normalized spacial score (nSPS) is 18.3. The van der Waals surface area contributed by atoms with Gasteiger partial charge in [0.05, 0.1) is 11.6 Å². The first-order valence-electron chi connectivity index (χ1n) is 8.49. The number of carbonyl (C=O) groups is 1. The highest BCUT2D eigenvalue weighted by molar-refractivity contribution is 5.68. The first kappa shape index (κ1) is 17.7. The van der Waals surface area contributed by atoms with E-state index >= 15 is 0 Å². The van der Waals surface area contributed by atoms with Crippen LogP contribution in [0.15, 0.2) is 42.5 Å². The number of nitrogens with zero attached hydrogens (tertiary/aromatic N) is 1. The second-order valence-electron chi connectivity index (χ2n) is 6.46. The standard InChI is InChI=1S/C20H20FN3O2/c1-13-18(21)7-15(11-22)8-19(13)23-16-9-17(10-16)24-20(25)26-12-14-5-3-2-4-6-14/h2-8,16-17,23H,9-10,12H2,1H3,(H,24,25). The van der Waals surface area contributed by atoms with Crippen molar-refractivity contribution in [3.05, 3.63) is 65.0 Å². The highest BCUT2D eigenvalue weighted by Gasteiger charge is 2.31. The number of halogens is 1. The lowest BCUT2D eigenvalue weighted by atomic mass is 9.86. The number of nitrogens with one attached hydrogen (secondary N) is 2. The van der Waals surface area contributed by atoms with Crippen LogP contribution in [0, 0.1) is 24.1 Å². The van der Waals surface area contributed by atoms with Gasteiger partial charge in [0.15, 0.2) is 0 Å². The van der Waals surface area contributed by atoms with Gasteiger partial charge in [0.2, 0.25) is 0 Å². The molecule has 0 atom stereocenters. The maximum Gasteiger partial charge on any atom is 0.407 e. The fourth-order valence-electron chi connectivity index (χ4n) is 2.90. The summed E-state index contributed by atoms with van der Waals surface area (Å²) in [7, 11) is 0. The highest BCUT2D eigenvalue weighted by Crippen LogP contribution is 2.28. The van der Waals surface area contributed by atoms with Crippen LogP contribution in [0.25, 0.3) is 0 Å². The first-order chi connectivity index (χ1) is 12.5. The van der Waals surface area contributed by atoms with Crippen LogP contribution < -0.4 is 10.6 Å². The smallest absolute Gasteiger partial charge is 0.407 e. The quantitative estimate of drug-likeness (QED) is 0.856. The summed E-state index contributed by atoms with van der Waals surface area (Å²) >= 11 is 0. The van der Waals surface area contributed by atoms with Gasteiger partial charge in [-0.1, -0.05) is 30.3 Å². The van der Waals surface area contributed by atoms with E-state index in [1.807, 2.05) is 36.4 Å². The van der Waals surface area contributed by atoms with Crippen molar-refractivity contribution in [1.82, 2.24) is 5.32 Å². The van der Waals surface area contributed by atoms with Gasteiger partial charge < -0.3 is 15.4 Å². The minimum absolute atomic E-state index is 0.0278. The molecule has 0 aliphatic heterocycles. The van der Waals surface area contributed by atoms with E-state index < -0.39 is 11.9 Å². The SMILES string of the molecule is Cc1c(F)cc(C#N)cc1NC1CC(NC(=O)OCc2ccccc2)C1. The molecule has 0 spiro atoms. The lowest BCUT2D eigenvalue weighted by Crippen LogP contribution is -2.49. The van der Waals surface area contributed by atoms with Gasteiger partial charge in [-0.25, -0.2) is 9.18 Å². The van der Waals surface area contributed by atoms with E-state index in [-0.39, 0.29) is 24.3 Å². The molecule has 3 rings (SSSR count). The summed E-state index contributed by atoms with van der Waals surface area (Å²) in [5.41, 5.74) is 2.33. The van der Waals surface area contributed by atoms with Crippen molar-refractivity contribution >= 4 is 11.8 Å². The average Bonchev–Trinajstić information content (AvgIpc) is 2.62. The van der Waals surface area contributed by atoms with Crippen molar-refractivity contribution in [3.8, 4) is 6.07 Å². The summed E-state index contributed by atoms with van der Waals surface area (Å²) in [5.74, 6) is -0.398. The Labute approximate surface area is 151 Å². The van der Waals surface area contributed by atoms with E-state index in [1.54, 1.807) is 13.0 Å². The number of benzene rings is 2. The van der Waals surface area contributed by atoms with Gasteiger partial charge in [-0.2, -0.15) is 5.26 Å². The van der Waals surface area contributed by atoms with Gasteiger partial charge in [-0.3, -0.25) is 0 Å². The number of carbonyl (C=O) groups excluding carboxylic acids is 1. The maximum absolute atomic E-state index is 13.8. The molecule has 26 heavy (non-hydrogen) atoms. The van der Waals surface area contributed by atoms with Crippen LogP contribution in [-0.2, 0) is 11.3 Å². The van der Waals surface area contributed by atoms with Crippen LogP contribution in [0.5, 0.6) is 0 Å². The van der Waals surface area contributed by atoms with E-state index in [2.05, 4.69) is 10.6 Å². The molecule has 0 saturated heterocycles. The Bertz CT molecular complexity index is 827. The van der Waals surface area contributed by atoms with Gasteiger partial charge >= 0.3 is 6.09 Å². The van der Waals surface area contributed by atoms with Crippen LogP contribution >= 0.6 is 0 Å². The molecule has 134 valence electrons. The fraction of sp³-hybridized carbons (Fsp3) is 0.300. The Morgan fingerprint density at radius 3 is 2.69 bits per heavy atom. The molecule has 0 bridgehead atoms. The molecule has 5 nitrogen and oxygen atoms in total. The molecule has 0 unspecified atom stereocenters. The van der Waals surface area contributed by atoms with Crippen molar-refractivity contribution in [3.63, 3.8) is 0 Å². The third-order valence-corrected chi connectivity index (χ3v) is 4.51. The van der Waals surface area contributed by atoms with Crippen LogP contribution in [0.3, 0.4) is 0 Å². The first-order valence-corrected chi connectivity index (χ1v) is 8.49. The molecule has 6 heteroatoms. The highest BCUT2D eigenvalue weighted by atomic mass is 19.1. The zero-order valence-corrected chi connectivity index (χ0v) is 14.5. The molecular weight excluding hydrogens is 333 g/mol. The summed E-state index contributed by atoms with van der Waals surface area (Å²) in [6.07, 6.45) is 1.00. The van der Waals surface area contributed by atoms with Gasteiger partial charge in [0.1, 0.15) is 12.4 Å². The monoisotopic (exact) mass is 353 g/mol. The molecule has 1 aliphatic carbocycles. The van der Waals surface area contributed by atoms with E-state index in [1.165, 1.54) is 6.07 Å². The number of ether oxygens (including phenoxy) is 1. The largest absolute Gasteiger partial charge is 0.445 e. The van der Waals surface area contributed by atoms with Crippen LogP contribution in [0.4, 0.5) is 14.9 Å². The Kier molecular flexibility index (Phi) is 5.37. The molecular formula is C20H20FN3O2. The molecule has 1 aliphatic rings. The Morgan fingerprint density at radius 2 is 2.00 bits per heavy atom. The number of anilines is 1. The van der Waals surface area contributed by atoms with Crippen LogP contribution in [-0.4, -0.2) is 18.2 Å². The maximum atomic E-state index is 13.8. The minimum atomic E-state index is -0.439. The van der Waals surface area contributed by atoms with Crippen molar-refractivity contribution < 1.29 is 13.9 Å². The third kappa shape index (κ3) is 4.31. The van der Waals surface area contributed by atoms with Crippen LogP contribution in [0.2, 0.25) is 0 Å². The zero-order chi connectivity index (χ0) is 18.5. The summed E-state index contributed by atoms with van der Waals surface area (Å²) in [4.78, 5) is 11.8. The Balaban J connectivity index is 1.44. The van der Waals surface area contributed by atoms with Crippen molar-refractivity contribution in [2.75, 3.05) is 5.32 Å². The number of hydrogen-bond acceptors (Lipinski definition) is 4. The second-order valence-corrected chi connectivity index (χ2v) is 6.46. The van der Waals surface area contributed by atoms with Crippen molar-refractivity contribution in [2.24, 2.45) is 0 Å². The zero-order valence-electron chi connectivity index (χ0n) is 14.5. The van der Waals surface area contributed by atoms with E-state index in [4.69, 9.17) is 10.00 Å². The molecule has 1 fully saturated rings. The number of hydrogen-bond donors (Lipinski definition) is 2. The summed E-state index contributed by atoms with van der Waals surface area (Å²) in [5, 5.41) is 15.0. The number of alkyl carbamates (subject to hydrolysis) is 1. The average molecular weight is 353 g/mol. The predicted octanol–water partition coefficient (Wildman–Crippen LogP) is 3.88. The second kappa shape index (κ2) is 7.87. The molecule has 2 aromatic rings. The molecule has 0 heterocycles. The summed E-state index contributed by atoms with van der Waals surface area (Å²) in [6.45, 7) is 1.91. The van der Waals surface area contributed by atoms with E-state index in [0.717, 1.165) is 18.4 Å². The van der Waals surface area contributed by atoms with Gasteiger partial charge in [0, 0.05) is 23.3 Å². The molecule has 2 N–H and O–H groups in total. The Morgan fingerprint density at radius 1 is 1.27 bits per heavy atom. The van der Waals surface area contributed by atoms with Gasteiger partial charge in [0.25, 0.3) is 0 Å². The summed E-state index contributed by atoms with van der Waals surface area (Å²) < 4.78 is 19.0. The van der Waals surface area contributed by atoms with E-state index in [9.17, 15) is 9.18 Å². The van der Waals surface area contributed by atoms with Gasteiger partial charge in [-0.05, 0) is 37.5 Å². The lowest BCUT2D eigenvalue weighted by Gasteiger charge is -2.37. The number of amides is 1. The fourth-order valence-corrected chi connectivity index (χ4v) is 2.90. The number of nitriles is 1. The third-order valence-electron chi connectivity index (χ3n) is 4.51. The van der Waals surface area contributed by atoms with Crippen molar-refractivity contribution in [2.45, 2.75) is 38.5 Å². The predicted molar refractivity (Wildman–Crippen MR) is 96.0 cm³/mol. The van der Waals surface area contributed by atoms with Crippen LogP contribution in [0.1, 0.15) is 29.5 Å². The molecule has 1 amide bonds. The molecule has 2 aromatic carbocycles. The van der Waals surface area contributed by atoms with Crippen molar-refractivity contribution in [1.29, 1.82) is 5.26 Å². The molecule has 0 aromatic heterocycles. The topological polar surface area (TPSA) is 74.2 Å². The van der Waals surface area contributed by atoms with Gasteiger partial charge in [-0.15, -0.1) is 0 Å².